The van der Waals surface area contributed by atoms with Crippen LogP contribution >= 0.6 is 0 Å². The first-order valence-corrected chi connectivity index (χ1v) is 10.5. The van der Waals surface area contributed by atoms with Gasteiger partial charge < -0.3 is 15.4 Å². The lowest BCUT2D eigenvalue weighted by molar-refractivity contribution is -0.131. The van der Waals surface area contributed by atoms with Crippen molar-refractivity contribution in [1.82, 2.24) is 20.5 Å². The van der Waals surface area contributed by atoms with Crippen molar-refractivity contribution in [2.24, 2.45) is 0 Å². The maximum Gasteiger partial charge on any atom is 0.325 e. The Bertz CT molecular complexity index is 950. The van der Waals surface area contributed by atoms with Crippen LogP contribution in [-0.2, 0) is 9.59 Å². The highest BCUT2D eigenvalue weighted by Crippen LogP contribution is 2.35. The minimum absolute atomic E-state index is 0.101. The highest BCUT2D eigenvalue weighted by Gasteiger charge is 2.52. The molecule has 1 aliphatic heterocycles. The van der Waals surface area contributed by atoms with Crippen molar-refractivity contribution in [3.63, 3.8) is 0 Å². The zero-order valence-corrected chi connectivity index (χ0v) is 16.9. The number of imide groups is 1. The molecule has 4 rings (SSSR count). The van der Waals surface area contributed by atoms with E-state index >= 15 is 0 Å². The summed E-state index contributed by atoms with van der Waals surface area (Å²) in [7, 11) is 0. The summed E-state index contributed by atoms with van der Waals surface area (Å²) in [6.45, 7) is 1.02. The van der Waals surface area contributed by atoms with Gasteiger partial charge in [0, 0.05) is 31.1 Å². The second-order valence-electron chi connectivity index (χ2n) is 7.81. The van der Waals surface area contributed by atoms with Gasteiger partial charge in [0.25, 0.3) is 5.91 Å². The fourth-order valence-corrected chi connectivity index (χ4v) is 4.17. The SMILES string of the molecule is O=C(CCN1C(=O)NC2(CCCC2)C1=O)NCCCOc1cccc2cccnc12. The first-order chi connectivity index (χ1) is 14.6. The lowest BCUT2D eigenvalue weighted by Crippen LogP contribution is -2.44. The van der Waals surface area contributed by atoms with E-state index in [9.17, 15) is 14.4 Å². The van der Waals surface area contributed by atoms with Gasteiger partial charge in [-0.3, -0.25) is 19.5 Å². The second-order valence-corrected chi connectivity index (χ2v) is 7.81. The number of ether oxygens (including phenoxy) is 1. The van der Waals surface area contributed by atoms with Gasteiger partial charge in [-0.25, -0.2) is 4.79 Å². The summed E-state index contributed by atoms with van der Waals surface area (Å²) in [5, 5.41) is 6.66. The van der Waals surface area contributed by atoms with E-state index in [0.29, 0.717) is 32.4 Å². The predicted octanol–water partition coefficient (Wildman–Crippen LogP) is 2.37. The van der Waals surface area contributed by atoms with Gasteiger partial charge in [0.2, 0.25) is 5.91 Å². The average molecular weight is 410 g/mol. The van der Waals surface area contributed by atoms with Crippen LogP contribution in [0.4, 0.5) is 4.79 Å². The molecule has 30 heavy (non-hydrogen) atoms. The maximum atomic E-state index is 12.6. The lowest BCUT2D eigenvalue weighted by Gasteiger charge is -2.19. The third-order valence-electron chi connectivity index (χ3n) is 5.76. The molecule has 2 N–H and O–H groups in total. The number of hydrogen-bond donors (Lipinski definition) is 2. The average Bonchev–Trinajstić information content (AvgIpc) is 3.31. The van der Waals surface area contributed by atoms with E-state index in [1.807, 2.05) is 30.3 Å². The fourth-order valence-electron chi connectivity index (χ4n) is 4.17. The van der Waals surface area contributed by atoms with Crippen LogP contribution in [0.1, 0.15) is 38.5 Å². The van der Waals surface area contributed by atoms with E-state index < -0.39 is 5.54 Å². The van der Waals surface area contributed by atoms with Crippen LogP contribution in [-0.4, -0.2) is 53.0 Å². The number of para-hydroxylation sites is 1. The van der Waals surface area contributed by atoms with Crippen molar-refractivity contribution >= 4 is 28.7 Å². The van der Waals surface area contributed by atoms with Gasteiger partial charge >= 0.3 is 6.03 Å². The molecule has 0 unspecified atom stereocenters. The molecule has 8 heteroatoms. The molecule has 158 valence electrons. The number of urea groups is 1. The van der Waals surface area contributed by atoms with Crippen LogP contribution in [0.2, 0.25) is 0 Å². The number of benzene rings is 1. The highest BCUT2D eigenvalue weighted by atomic mass is 16.5. The Hall–Kier alpha value is -3.16. The number of carbonyl (C=O) groups excluding carboxylic acids is 3. The van der Waals surface area contributed by atoms with Crippen LogP contribution in [0.3, 0.4) is 0 Å². The number of amides is 4. The molecule has 1 aromatic carbocycles. The first kappa shape index (κ1) is 20.1. The summed E-state index contributed by atoms with van der Waals surface area (Å²) in [5.41, 5.74) is 0.0964. The van der Waals surface area contributed by atoms with Crippen LogP contribution in [0.15, 0.2) is 36.5 Å². The molecule has 0 atom stereocenters. The first-order valence-electron chi connectivity index (χ1n) is 10.5. The summed E-state index contributed by atoms with van der Waals surface area (Å²) < 4.78 is 5.80. The van der Waals surface area contributed by atoms with Crippen LogP contribution in [0, 0.1) is 0 Å². The molecule has 8 nitrogen and oxygen atoms in total. The fraction of sp³-hybridized carbons (Fsp3) is 0.455. The Morgan fingerprint density at radius 3 is 2.83 bits per heavy atom. The number of carbonyl (C=O) groups is 3. The molecule has 4 amide bonds. The summed E-state index contributed by atoms with van der Waals surface area (Å²) in [5.74, 6) is 0.350. The molecule has 0 bridgehead atoms. The van der Waals surface area contributed by atoms with Gasteiger partial charge in [-0.15, -0.1) is 0 Å². The van der Waals surface area contributed by atoms with Crippen LogP contribution in [0.25, 0.3) is 10.9 Å². The van der Waals surface area contributed by atoms with Crippen molar-refractivity contribution in [3.8, 4) is 5.75 Å². The minimum Gasteiger partial charge on any atom is -0.491 e. The van der Waals surface area contributed by atoms with Crippen molar-refractivity contribution in [1.29, 1.82) is 0 Å². The van der Waals surface area contributed by atoms with Gasteiger partial charge in [-0.1, -0.05) is 31.0 Å². The molecular weight excluding hydrogens is 384 g/mol. The molecule has 1 aromatic heterocycles. The van der Waals surface area contributed by atoms with Gasteiger partial charge in [0.1, 0.15) is 16.8 Å². The van der Waals surface area contributed by atoms with E-state index in [-0.39, 0.29) is 30.8 Å². The second kappa shape index (κ2) is 8.69. The Balaban J connectivity index is 1.17. The lowest BCUT2D eigenvalue weighted by atomic mass is 9.98. The quantitative estimate of drug-likeness (QED) is 0.514. The van der Waals surface area contributed by atoms with Gasteiger partial charge in [0.15, 0.2) is 0 Å². The number of nitrogens with one attached hydrogen (secondary N) is 2. The van der Waals surface area contributed by atoms with Crippen molar-refractivity contribution in [2.75, 3.05) is 19.7 Å². The number of fused-ring (bicyclic) bond motifs is 1. The molecule has 1 saturated carbocycles. The largest absolute Gasteiger partial charge is 0.491 e. The van der Waals surface area contributed by atoms with E-state index in [1.54, 1.807) is 6.20 Å². The molecule has 0 radical (unpaired) electrons. The van der Waals surface area contributed by atoms with Crippen molar-refractivity contribution in [3.05, 3.63) is 36.5 Å². The summed E-state index contributed by atoms with van der Waals surface area (Å²) in [6, 6.07) is 9.27. The number of rotatable bonds is 8. The summed E-state index contributed by atoms with van der Waals surface area (Å²) in [4.78, 5) is 42.3. The molecule has 2 aromatic rings. The molecule has 1 spiro atoms. The Kier molecular flexibility index (Phi) is 5.83. The Morgan fingerprint density at radius 2 is 2.00 bits per heavy atom. The maximum absolute atomic E-state index is 12.6. The van der Waals surface area contributed by atoms with Crippen LogP contribution in [0.5, 0.6) is 5.75 Å². The standard InChI is InChI=1S/C22H26N4O4/c27-18(9-14-26-20(28)22(25-21(26)29)10-1-2-11-22)23-13-5-15-30-17-8-3-6-16-7-4-12-24-19(16)17/h3-4,6-8,12H,1-2,5,9-11,13-15H2,(H,23,27)(H,25,29). The predicted molar refractivity (Wildman–Crippen MR) is 111 cm³/mol. The molecule has 2 fully saturated rings. The monoisotopic (exact) mass is 410 g/mol. The molecule has 1 saturated heterocycles. The smallest absolute Gasteiger partial charge is 0.325 e. The summed E-state index contributed by atoms with van der Waals surface area (Å²) >= 11 is 0. The van der Waals surface area contributed by atoms with Gasteiger partial charge in [-0.2, -0.15) is 0 Å². The summed E-state index contributed by atoms with van der Waals surface area (Å²) in [6.07, 6.45) is 5.73. The van der Waals surface area contributed by atoms with Crippen molar-refractivity contribution < 1.29 is 19.1 Å². The third kappa shape index (κ3) is 4.08. The molecular formula is C22H26N4O4. The molecule has 2 heterocycles. The van der Waals surface area contributed by atoms with Gasteiger partial charge in [-0.05, 0) is 31.4 Å². The Labute approximate surface area is 175 Å². The number of pyridine rings is 1. The third-order valence-corrected chi connectivity index (χ3v) is 5.76. The topological polar surface area (TPSA) is 101 Å². The normalized spacial score (nSPS) is 17.5. The number of aromatic nitrogens is 1. The van der Waals surface area contributed by atoms with E-state index in [2.05, 4.69) is 15.6 Å². The van der Waals surface area contributed by atoms with E-state index in [1.165, 1.54) is 4.90 Å². The Morgan fingerprint density at radius 1 is 1.20 bits per heavy atom. The zero-order chi connectivity index (χ0) is 21.0. The van der Waals surface area contributed by atoms with Crippen LogP contribution < -0.4 is 15.4 Å². The number of hydrogen-bond acceptors (Lipinski definition) is 5. The number of nitrogens with zero attached hydrogens (tertiary/aromatic N) is 2. The van der Waals surface area contributed by atoms with Gasteiger partial charge in [0.05, 0.1) is 6.61 Å². The highest BCUT2D eigenvalue weighted by molar-refractivity contribution is 6.07. The molecule has 1 aliphatic carbocycles. The van der Waals surface area contributed by atoms with E-state index in [4.69, 9.17) is 4.74 Å². The van der Waals surface area contributed by atoms with E-state index in [0.717, 1.165) is 29.5 Å². The molecule has 2 aliphatic rings. The minimum atomic E-state index is -0.721. The van der Waals surface area contributed by atoms with Crippen molar-refractivity contribution in [2.45, 2.75) is 44.1 Å². The zero-order valence-electron chi connectivity index (χ0n) is 16.9.